The van der Waals surface area contributed by atoms with Gasteiger partial charge in [0.1, 0.15) is 0 Å². The fraction of sp³-hybridized carbons (Fsp3) is 0.182. The molecule has 4 heteroatoms. The molecule has 0 atom stereocenters. The summed E-state index contributed by atoms with van der Waals surface area (Å²) in [5.41, 5.74) is 3.90. The number of nitrogens with zero attached hydrogens (tertiary/aromatic N) is 2. The van der Waals surface area contributed by atoms with Crippen LogP contribution in [0.15, 0.2) is 41.3 Å². The lowest BCUT2D eigenvalue weighted by Gasteiger charge is -1.97. The molecule has 0 aliphatic heterocycles. The molecule has 78 valence electrons. The maximum absolute atomic E-state index is 11.3. The first-order chi connectivity index (χ1) is 7.24. The summed E-state index contributed by atoms with van der Waals surface area (Å²) in [6.45, 7) is 3.54. The van der Waals surface area contributed by atoms with Crippen LogP contribution in [0, 0.1) is 0 Å². The average Bonchev–Trinajstić information content (AvgIpc) is 2.29. The zero-order chi connectivity index (χ0) is 11.1. The zero-order valence-electron chi connectivity index (χ0n) is 8.77. The van der Waals surface area contributed by atoms with E-state index in [2.05, 4.69) is 15.5 Å². The van der Waals surface area contributed by atoms with Gasteiger partial charge in [-0.3, -0.25) is 9.78 Å². The minimum Gasteiger partial charge on any atom is -0.268 e. The number of hydrazone groups is 1. The Kier molecular flexibility index (Phi) is 4.22. The molecule has 0 aromatic carbocycles. The number of hydrogen-bond acceptors (Lipinski definition) is 3. The van der Waals surface area contributed by atoms with Crippen LogP contribution in [0.5, 0.6) is 0 Å². The van der Waals surface area contributed by atoms with E-state index in [-0.39, 0.29) is 5.91 Å². The second-order valence-electron chi connectivity index (χ2n) is 2.96. The number of allylic oxidation sites excluding steroid dienone is 1. The van der Waals surface area contributed by atoms with Gasteiger partial charge in [0, 0.05) is 23.5 Å². The Hall–Kier alpha value is -1.97. The summed E-state index contributed by atoms with van der Waals surface area (Å²) in [5.74, 6) is -0.197. The quantitative estimate of drug-likeness (QED) is 0.460. The highest BCUT2D eigenvalue weighted by molar-refractivity contribution is 5.93. The number of pyridine rings is 1. The first-order valence-corrected chi connectivity index (χ1v) is 4.60. The number of aromatic nitrogens is 1. The molecule has 0 radical (unpaired) electrons. The van der Waals surface area contributed by atoms with E-state index in [1.54, 1.807) is 44.6 Å². The van der Waals surface area contributed by atoms with E-state index in [4.69, 9.17) is 0 Å². The van der Waals surface area contributed by atoms with Gasteiger partial charge in [-0.05, 0) is 19.9 Å². The van der Waals surface area contributed by atoms with Crippen molar-refractivity contribution in [3.8, 4) is 0 Å². The van der Waals surface area contributed by atoms with Crippen LogP contribution in [0.4, 0.5) is 0 Å². The van der Waals surface area contributed by atoms with Crippen molar-refractivity contribution in [2.45, 2.75) is 13.8 Å². The van der Waals surface area contributed by atoms with Crippen molar-refractivity contribution in [2.75, 3.05) is 0 Å². The highest BCUT2D eigenvalue weighted by Gasteiger charge is 1.98. The number of carbonyl (C=O) groups excluding carboxylic acids is 1. The van der Waals surface area contributed by atoms with Crippen LogP contribution in [-0.4, -0.2) is 17.1 Å². The van der Waals surface area contributed by atoms with E-state index in [1.165, 1.54) is 0 Å². The summed E-state index contributed by atoms with van der Waals surface area (Å²) in [7, 11) is 0. The van der Waals surface area contributed by atoms with Gasteiger partial charge in [-0.25, -0.2) is 5.43 Å². The van der Waals surface area contributed by atoms with Crippen molar-refractivity contribution in [3.63, 3.8) is 0 Å². The molecule has 0 aliphatic carbocycles. The third-order valence-electron chi connectivity index (χ3n) is 1.86. The van der Waals surface area contributed by atoms with E-state index in [0.717, 1.165) is 5.56 Å². The van der Waals surface area contributed by atoms with Crippen LogP contribution in [0.25, 0.3) is 0 Å². The van der Waals surface area contributed by atoms with Gasteiger partial charge in [0.25, 0.3) is 5.91 Å². The Bertz CT molecular complexity index is 382. The van der Waals surface area contributed by atoms with Gasteiger partial charge in [-0.15, -0.1) is 0 Å². The van der Waals surface area contributed by atoms with Gasteiger partial charge in [-0.1, -0.05) is 12.1 Å². The molecule has 1 rings (SSSR count). The van der Waals surface area contributed by atoms with E-state index in [9.17, 15) is 4.79 Å². The molecule has 0 bridgehead atoms. The lowest BCUT2D eigenvalue weighted by atomic mass is 10.3. The number of nitrogens with one attached hydrogen (secondary N) is 1. The summed E-state index contributed by atoms with van der Waals surface area (Å²) in [6.07, 6.45) is 6.63. The van der Waals surface area contributed by atoms with Crippen molar-refractivity contribution < 1.29 is 4.79 Å². The van der Waals surface area contributed by atoms with Crippen molar-refractivity contribution in [1.82, 2.24) is 10.4 Å². The lowest BCUT2D eigenvalue weighted by Crippen LogP contribution is -2.18. The van der Waals surface area contributed by atoms with Crippen LogP contribution in [0.1, 0.15) is 19.4 Å². The number of hydrogen-bond donors (Lipinski definition) is 1. The third kappa shape index (κ3) is 3.72. The summed E-state index contributed by atoms with van der Waals surface area (Å²) < 4.78 is 0. The molecule has 0 unspecified atom stereocenters. The van der Waals surface area contributed by atoms with Crippen molar-refractivity contribution in [1.29, 1.82) is 0 Å². The molecule has 0 spiro atoms. The van der Waals surface area contributed by atoms with Crippen molar-refractivity contribution in [2.24, 2.45) is 5.10 Å². The van der Waals surface area contributed by atoms with Crippen molar-refractivity contribution >= 4 is 12.1 Å². The molecule has 1 aromatic heterocycles. The molecular weight excluding hydrogens is 190 g/mol. The van der Waals surface area contributed by atoms with Gasteiger partial charge in [0.05, 0.1) is 6.21 Å². The van der Waals surface area contributed by atoms with Crippen LogP contribution < -0.4 is 5.43 Å². The number of rotatable bonds is 3. The SMILES string of the molecule is C/C=C(/C)C(=O)NN=Cc1cccnc1. The molecule has 0 fully saturated rings. The standard InChI is InChI=1S/C11H13N3O/c1-3-9(2)11(15)14-13-8-10-5-4-6-12-7-10/h3-8H,1-2H3,(H,14,15)/b9-3-,13-8?. The van der Waals surface area contributed by atoms with E-state index < -0.39 is 0 Å². The third-order valence-corrected chi connectivity index (χ3v) is 1.86. The maximum atomic E-state index is 11.3. The first-order valence-electron chi connectivity index (χ1n) is 4.60. The maximum Gasteiger partial charge on any atom is 0.266 e. The van der Waals surface area contributed by atoms with Gasteiger partial charge < -0.3 is 0 Å². The molecule has 0 saturated heterocycles. The topological polar surface area (TPSA) is 54.4 Å². The van der Waals surface area contributed by atoms with Gasteiger partial charge in [0.2, 0.25) is 0 Å². The van der Waals surface area contributed by atoms with E-state index >= 15 is 0 Å². The van der Waals surface area contributed by atoms with Crippen LogP contribution >= 0.6 is 0 Å². The van der Waals surface area contributed by atoms with Gasteiger partial charge in [-0.2, -0.15) is 5.10 Å². The summed E-state index contributed by atoms with van der Waals surface area (Å²) >= 11 is 0. The normalized spacial score (nSPS) is 11.7. The van der Waals surface area contributed by atoms with Crippen LogP contribution in [0.2, 0.25) is 0 Å². The molecule has 1 heterocycles. The Morgan fingerprint density at radius 3 is 3.00 bits per heavy atom. The fourth-order valence-corrected chi connectivity index (χ4v) is 0.837. The molecule has 1 N–H and O–H groups in total. The monoisotopic (exact) mass is 203 g/mol. The first kappa shape index (κ1) is 11.1. The fourth-order valence-electron chi connectivity index (χ4n) is 0.837. The summed E-state index contributed by atoms with van der Waals surface area (Å²) in [5, 5.41) is 3.81. The van der Waals surface area contributed by atoms with E-state index in [0.29, 0.717) is 5.57 Å². The molecular formula is C11H13N3O. The summed E-state index contributed by atoms with van der Waals surface area (Å²) in [6, 6.07) is 3.66. The summed E-state index contributed by atoms with van der Waals surface area (Å²) in [4.78, 5) is 15.2. The van der Waals surface area contributed by atoms with E-state index in [1.807, 2.05) is 6.07 Å². The highest BCUT2D eigenvalue weighted by atomic mass is 16.2. The van der Waals surface area contributed by atoms with Gasteiger partial charge in [0.15, 0.2) is 0 Å². The second-order valence-corrected chi connectivity index (χ2v) is 2.96. The molecule has 1 amide bonds. The molecule has 4 nitrogen and oxygen atoms in total. The Morgan fingerprint density at radius 2 is 2.40 bits per heavy atom. The van der Waals surface area contributed by atoms with Crippen molar-refractivity contribution in [3.05, 3.63) is 41.7 Å². The minimum atomic E-state index is -0.197. The predicted molar refractivity (Wildman–Crippen MR) is 59.4 cm³/mol. The molecule has 0 saturated carbocycles. The minimum absolute atomic E-state index is 0.197. The number of carbonyl (C=O) groups is 1. The highest BCUT2D eigenvalue weighted by Crippen LogP contribution is 1.92. The van der Waals surface area contributed by atoms with Gasteiger partial charge >= 0.3 is 0 Å². The second kappa shape index (κ2) is 5.70. The Morgan fingerprint density at radius 1 is 1.60 bits per heavy atom. The average molecular weight is 203 g/mol. The smallest absolute Gasteiger partial charge is 0.266 e. The lowest BCUT2D eigenvalue weighted by molar-refractivity contribution is -0.117. The Labute approximate surface area is 88.7 Å². The largest absolute Gasteiger partial charge is 0.268 e. The van der Waals surface area contributed by atoms with Crippen LogP contribution in [0.3, 0.4) is 0 Å². The van der Waals surface area contributed by atoms with Crippen LogP contribution in [-0.2, 0) is 4.79 Å². The molecule has 0 aliphatic rings. The Balaban J connectivity index is 2.51. The number of amides is 1. The molecule has 1 aromatic rings. The zero-order valence-corrected chi connectivity index (χ0v) is 8.77. The predicted octanol–water partition coefficient (Wildman–Crippen LogP) is 1.50. The molecule has 15 heavy (non-hydrogen) atoms.